The van der Waals surface area contributed by atoms with Gasteiger partial charge in [0.05, 0.1) is 11.9 Å². The summed E-state index contributed by atoms with van der Waals surface area (Å²) >= 11 is 0. The molecule has 0 radical (unpaired) electrons. The second kappa shape index (κ2) is 9.11. The Morgan fingerprint density at radius 3 is 2.61 bits per heavy atom. The molecule has 2 aliphatic rings. The highest BCUT2D eigenvalue weighted by atomic mass is 35.5. The molecule has 9 heteroatoms. The van der Waals surface area contributed by atoms with E-state index in [1.807, 2.05) is 24.7 Å². The first-order chi connectivity index (χ1) is 15.8. The third kappa shape index (κ3) is 4.09. The fourth-order valence-electron chi connectivity index (χ4n) is 5.11. The first-order valence-electron chi connectivity index (χ1n) is 11.6. The number of hydrogen-bond acceptors (Lipinski definition) is 7. The Hall–Kier alpha value is -2.97. The predicted molar refractivity (Wildman–Crippen MR) is 134 cm³/mol. The highest BCUT2D eigenvalue weighted by Gasteiger charge is 2.22. The Morgan fingerprint density at radius 1 is 1.00 bits per heavy atom. The molecule has 0 spiro atoms. The number of piperazine rings is 1. The highest BCUT2D eigenvalue weighted by Crippen LogP contribution is 2.35. The van der Waals surface area contributed by atoms with Crippen molar-refractivity contribution in [1.29, 1.82) is 0 Å². The minimum atomic E-state index is 0. The molecule has 6 rings (SSSR count). The van der Waals surface area contributed by atoms with Crippen LogP contribution >= 0.6 is 12.4 Å². The SMILES string of the molecule is Cc1cc(Nc2ncc3ccc4ncc(C5CCCC5)n4c3n2)ncc1N1CCNCC1.Cl. The van der Waals surface area contributed by atoms with Gasteiger partial charge in [-0.05, 0) is 43.5 Å². The van der Waals surface area contributed by atoms with Crippen molar-refractivity contribution in [3.63, 3.8) is 0 Å². The number of aryl methyl sites for hydroxylation is 1. The van der Waals surface area contributed by atoms with Crippen molar-refractivity contribution >= 4 is 46.5 Å². The van der Waals surface area contributed by atoms with Crippen LogP contribution < -0.4 is 15.5 Å². The van der Waals surface area contributed by atoms with Gasteiger partial charge >= 0.3 is 0 Å². The average Bonchev–Trinajstić information content (AvgIpc) is 3.50. The maximum atomic E-state index is 4.89. The maximum absolute atomic E-state index is 4.89. The number of halogens is 1. The largest absolute Gasteiger partial charge is 0.368 e. The van der Waals surface area contributed by atoms with Gasteiger partial charge in [0.2, 0.25) is 5.95 Å². The van der Waals surface area contributed by atoms with Crippen molar-refractivity contribution < 1.29 is 0 Å². The van der Waals surface area contributed by atoms with Gasteiger partial charge in [-0.15, -0.1) is 12.4 Å². The van der Waals surface area contributed by atoms with Crippen molar-refractivity contribution in [2.45, 2.75) is 38.5 Å². The molecule has 2 fully saturated rings. The number of rotatable bonds is 4. The quantitative estimate of drug-likeness (QED) is 0.468. The van der Waals surface area contributed by atoms with Gasteiger partial charge in [0.1, 0.15) is 11.5 Å². The summed E-state index contributed by atoms with van der Waals surface area (Å²) in [6, 6.07) is 6.17. The fraction of sp³-hybridized carbons (Fsp3) is 0.417. The molecule has 0 unspecified atom stereocenters. The van der Waals surface area contributed by atoms with Gasteiger partial charge in [-0.1, -0.05) is 12.8 Å². The van der Waals surface area contributed by atoms with Crippen molar-refractivity contribution in [2.24, 2.45) is 0 Å². The molecule has 0 atom stereocenters. The van der Waals surface area contributed by atoms with E-state index < -0.39 is 0 Å². The van der Waals surface area contributed by atoms with Crippen LogP contribution in [0.15, 0.2) is 36.8 Å². The van der Waals surface area contributed by atoms with E-state index in [0.717, 1.165) is 48.7 Å². The Bertz CT molecular complexity index is 1270. The summed E-state index contributed by atoms with van der Waals surface area (Å²) in [6.45, 7) is 6.17. The second-order valence-corrected chi connectivity index (χ2v) is 8.88. The molecular formula is C24H29ClN8. The summed E-state index contributed by atoms with van der Waals surface area (Å²) in [5.41, 5.74) is 5.50. The standard InChI is InChI=1S/C24H28N8.ClH/c1-16-12-21(26-14-19(16)31-10-8-25-9-11-31)29-24-28-13-18-6-7-22-27-15-20(17-4-2-3-5-17)32(22)23(18)30-24;/h6-7,12-15,17,25H,2-5,8-11H2,1H3,(H,26,28,29,30);1H. The fourth-order valence-corrected chi connectivity index (χ4v) is 5.11. The summed E-state index contributed by atoms with van der Waals surface area (Å²) in [7, 11) is 0. The van der Waals surface area contributed by atoms with Gasteiger partial charge in [0, 0.05) is 55.6 Å². The Labute approximate surface area is 199 Å². The number of anilines is 3. The minimum Gasteiger partial charge on any atom is -0.368 e. The number of nitrogens with zero attached hydrogens (tertiary/aromatic N) is 6. The molecule has 1 aliphatic heterocycles. The Morgan fingerprint density at radius 2 is 1.82 bits per heavy atom. The van der Waals surface area contributed by atoms with E-state index in [1.165, 1.54) is 42.6 Å². The zero-order valence-corrected chi connectivity index (χ0v) is 19.6. The molecule has 33 heavy (non-hydrogen) atoms. The van der Waals surface area contributed by atoms with E-state index in [9.17, 15) is 0 Å². The smallest absolute Gasteiger partial charge is 0.230 e. The summed E-state index contributed by atoms with van der Waals surface area (Å²) in [6.07, 6.45) is 10.9. The molecule has 1 saturated carbocycles. The molecule has 0 bridgehead atoms. The minimum absolute atomic E-state index is 0. The molecule has 2 N–H and O–H groups in total. The topological polar surface area (TPSA) is 83.3 Å². The number of hydrogen-bond donors (Lipinski definition) is 2. The number of pyridine rings is 2. The van der Waals surface area contributed by atoms with Crippen LogP contribution in [0.25, 0.3) is 16.7 Å². The monoisotopic (exact) mass is 464 g/mol. The van der Waals surface area contributed by atoms with Crippen LogP contribution in [0.2, 0.25) is 0 Å². The van der Waals surface area contributed by atoms with Crippen LogP contribution in [0, 0.1) is 6.92 Å². The third-order valence-electron chi connectivity index (χ3n) is 6.79. The summed E-state index contributed by atoms with van der Waals surface area (Å²) < 4.78 is 2.21. The van der Waals surface area contributed by atoms with E-state index in [1.54, 1.807) is 0 Å². The summed E-state index contributed by atoms with van der Waals surface area (Å²) in [5, 5.41) is 7.72. The number of nitrogens with one attached hydrogen (secondary N) is 2. The van der Waals surface area contributed by atoms with Gasteiger partial charge in [-0.2, -0.15) is 4.98 Å². The van der Waals surface area contributed by atoms with Gasteiger partial charge < -0.3 is 15.5 Å². The summed E-state index contributed by atoms with van der Waals surface area (Å²) in [4.78, 5) is 21.1. The number of aromatic nitrogens is 5. The van der Waals surface area contributed by atoms with Crippen molar-refractivity contribution in [3.05, 3.63) is 48.0 Å². The Balaban J connectivity index is 0.00000228. The maximum Gasteiger partial charge on any atom is 0.230 e. The van der Waals surface area contributed by atoms with Crippen LogP contribution in [0.5, 0.6) is 0 Å². The van der Waals surface area contributed by atoms with Crippen molar-refractivity contribution in [2.75, 3.05) is 36.4 Å². The highest BCUT2D eigenvalue weighted by molar-refractivity contribution is 5.85. The molecule has 172 valence electrons. The van der Waals surface area contributed by atoms with E-state index in [4.69, 9.17) is 4.98 Å². The lowest BCUT2D eigenvalue weighted by molar-refractivity contribution is 0.588. The van der Waals surface area contributed by atoms with Gasteiger partial charge in [0.15, 0.2) is 5.65 Å². The zero-order chi connectivity index (χ0) is 21.5. The summed E-state index contributed by atoms with van der Waals surface area (Å²) in [5.74, 6) is 1.87. The first kappa shape index (κ1) is 21.9. The second-order valence-electron chi connectivity index (χ2n) is 8.88. The van der Waals surface area contributed by atoms with E-state index in [-0.39, 0.29) is 12.4 Å². The van der Waals surface area contributed by atoms with Crippen LogP contribution in [0.4, 0.5) is 17.5 Å². The molecule has 4 aromatic rings. The van der Waals surface area contributed by atoms with Crippen molar-refractivity contribution in [3.8, 4) is 0 Å². The van der Waals surface area contributed by atoms with Gasteiger partial charge in [0.25, 0.3) is 0 Å². The van der Waals surface area contributed by atoms with E-state index in [0.29, 0.717) is 11.9 Å². The van der Waals surface area contributed by atoms with Crippen LogP contribution in [-0.4, -0.2) is 50.5 Å². The van der Waals surface area contributed by atoms with Gasteiger partial charge in [-0.25, -0.2) is 15.0 Å². The lowest BCUT2D eigenvalue weighted by Crippen LogP contribution is -2.43. The lowest BCUT2D eigenvalue weighted by Gasteiger charge is -2.30. The molecule has 8 nitrogen and oxygen atoms in total. The normalized spacial score (nSPS) is 16.9. The zero-order valence-electron chi connectivity index (χ0n) is 18.8. The molecule has 5 heterocycles. The molecule has 0 amide bonds. The Kier molecular flexibility index (Phi) is 6.03. The molecular weight excluding hydrogens is 436 g/mol. The third-order valence-corrected chi connectivity index (χ3v) is 6.79. The van der Waals surface area contributed by atoms with E-state index >= 15 is 0 Å². The average molecular weight is 465 g/mol. The number of imidazole rings is 1. The van der Waals surface area contributed by atoms with Crippen molar-refractivity contribution in [1.82, 2.24) is 29.7 Å². The first-order valence-corrected chi connectivity index (χ1v) is 11.6. The van der Waals surface area contributed by atoms with Crippen LogP contribution in [0.1, 0.15) is 42.9 Å². The molecule has 1 saturated heterocycles. The number of fused-ring (bicyclic) bond motifs is 3. The van der Waals surface area contributed by atoms with Gasteiger partial charge in [-0.3, -0.25) is 4.40 Å². The predicted octanol–water partition coefficient (Wildman–Crippen LogP) is 4.21. The lowest BCUT2D eigenvalue weighted by atomic mass is 10.1. The molecule has 0 aromatic carbocycles. The van der Waals surface area contributed by atoms with Crippen LogP contribution in [0.3, 0.4) is 0 Å². The molecule has 1 aliphatic carbocycles. The van der Waals surface area contributed by atoms with E-state index in [2.05, 4.69) is 53.9 Å². The molecule has 4 aromatic heterocycles. The van der Waals surface area contributed by atoms with Crippen LogP contribution in [-0.2, 0) is 0 Å².